The average Bonchev–Trinajstić information content (AvgIpc) is 1.96. The topological polar surface area (TPSA) is 67.8 Å². The molecule has 0 radical (unpaired) electrons. The van der Waals surface area contributed by atoms with Crippen LogP contribution < -0.4 is 11.4 Å². The van der Waals surface area contributed by atoms with E-state index in [0.29, 0.717) is 12.4 Å². The Balaban J connectivity index is 3.29. The summed E-state index contributed by atoms with van der Waals surface area (Å²) in [5.74, 6) is 0.464. The molecule has 0 bridgehead atoms. The first-order valence-electron chi connectivity index (χ1n) is 3.83. The molecule has 0 saturated heterocycles. The lowest BCUT2D eigenvalue weighted by atomic mass is 10.4. The van der Waals surface area contributed by atoms with Crippen molar-refractivity contribution < 1.29 is 0 Å². The number of rotatable bonds is 2. The lowest BCUT2D eigenvalue weighted by molar-refractivity contribution is 0.589. The molecule has 0 amide bonds. The van der Waals surface area contributed by atoms with Crippen molar-refractivity contribution in [2.75, 3.05) is 0 Å². The van der Waals surface area contributed by atoms with E-state index in [9.17, 15) is 9.59 Å². The Labute approximate surface area is 69.1 Å². The van der Waals surface area contributed by atoms with Crippen molar-refractivity contribution in [2.45, 2.75) is 26.8 Å². The predicted molar refractivity (Wildman–Crippen MR) is 44.1 cm³/mol. The fourth-order valence-corrected chi connectivity index (χ4v) is 1.03. The highest BCUT2D eigenvalue weighted by molar-refractivity contribution is 4.82. The molecule has 0 aliphatic heterocycles. The third-order valence-corrected chi connectivity index (χ3v) is 1.56. The van der Waals surface area contributed by atoms with Crippen LogP contribution in [-0.4, -0.2) is 14.5 Å². The van der Waals surface area contributed by atoms with Crippen molar-refractivity contribution in [3.8, 4) is 0 Å². The molecule has 5 nitrogen and oxygen atoms in total. The maximum Gasteiger partial charge on any atom is 0.350 e. The molecule has 0 aromatic carbocycles. The molecule has 0 spiro atoms. The van der Waals surface area contributed by atoms with Gasteiger partial charge in [0.15, 0.2) is 0 Å². The highest BCUT2D eigenvalue weighted by Gasteiger charge is 2.00. The van der Waals surface area contributed by atoms with E-state index in [-0.39, 0.29) is 5.69 Å². The monoisotopic (exact) mass is 169 g/mol. The average molecular weight is 169 g/mol. The van der Waals surface area contributed by atoms with Crippen molar-refractivity contribution in [1.82, 2.24) is 14.5 Å². The molecule has 0 fully saturated rings. The van der Waals surface area contributed by atoms with Gasteiger partial charge in [-0.25, -0.2) is 9.59 Å². The van der Waals surface area contributed by atoms with Gasteiger partial charge in [0.25, 0.3) is 0 Å². The Morgan fingerprint density at radius 2 is 2.17 bits per heavy atom. The largest absolute Gasteiger partial charge is 0.350 e. The Bertz CT molecular complexity index is 377. The van der Waals surface area contributed by atoms with Gasteiger partial charge in [-0.2, -0.15) is 4.98 Å². The van der Waals surface area contributed by atoms with E-state index in [0.717, 1.165) is 6.42 Å². The molecule has 0 atom stereocenters. The van der Waals surface area contributed by atoms with Crippen molar-refractivity contribution in [1.29, 1.82) is 0 Å². The quantitative estimate of drug-likeness (QED) is 0.658. The van der Waals surface area contributed by atoms with Crippen molar-refractivity contribution in [3.63, 3.8) is 0 Å². The van der Waals surface area contributed by atoms with Crippen LogP contribution in [-0.2, 0) is 6.54 Å². The van der Waals surface area contributed by atoms with E-state index in [1.54, 1.807) is 6.92 Å². The van der Waals surface area contributed by atoms with Crippen LogP contribution in [0.15, 0.2) is 9.59 Å². The van der Waals surface area contributed by atoms with Gasteiger partial charge < -0.3 is 0 Å². The Kier molecular flexibility index (Phi) is 2.42. The minimum absolute atomic E-state index is 0.380. The summed E-state index contributed by atoms with van der Waals surface area (Å²) in [5.41, 5.74) is -0.959. The van der Waals surface area contributed by atoms with Gasteiger partial charge in [-0.1, -0.05) is 6.92 Å². The van der Waals surface area contributed by atoms with Gasteiger partial charge in [-0.3, -0.25) is 9.55 Å². The minimum Gasteiger partial charge on any atom is -0.282 e. The summed E-state index contributed by atoms with van der Waals surface area (Å²) in [5, 5.41) is 0. The minimum atomic E-state index is -0.579. The zero-order chi connectivity index (χ0) is 9.14. The first-order chi connectivity index (χ1) is 5.65. The lowest BCUT2D eigenvalue weighted by Gasteiger charge is -2.04. The van der Waals surface area contributed by atoms with Crippen LogP contribution in [0.4, 0.5) is 0 Å². The van der Waals surface area contributed by atoms with Crippen LogP contribution >= 0.6 is 0 Å². The molecule has 1 N–H and O–H groups in total. The second kappa shape index (κ2) is 3.34. The predicted octanol–water partition coefficient (Wildman–Crippen LogP) is -0.350. The summed E-state index contributed by atoms with van der Waals surface area (Å²) in [6.07, 6.45) is 0.842. The van der Waals surface area contributed by atoms with E-state index in [4.69, 9.17) is 0 Å². The van der Waals surface area contributed by atoms with Gasteiger partial charge >= 0.3 is 11.4 Å². The normalized spacial score (nSPS) is 10.2. The number of hydrogen-bond donors (Lipinski definition) is 1. The molecule has 0 unspecified atom stereocenters. The van der Waals surface area contributed by atoms with Gasteiger partial charge in [-0.15, -0.1) is 0 Å². The molecular formula is C7H11N3O2. The standard InChI is InChI=1S/C7H11N3O2/c1-3-4-10-5(2)8-6(11)9-7(10)12/h3-4H2,1-2H3,(H,9,11,12). The fraction of sp³-hybridized carbons (Fsp3) is 0.571. The molecule has 1 rings (SSSR count). The molecule has 0 saturated carbocycles. The maximum atomic E-state index is 11.1. The molecule has 1 aromatic rings. The zero-order valence-electron chi connectivity index (χ0n) is 7.13. The Hall–Kier alpha value is -1.39. The number of hydrogen-bond acceptors (Lipinski definition) is 3. The molecule has 1 heterocycles. The molecule has 0 aliphatic rings. The van der Waals surface area contributed by atoms with Gasteiger partial charge in [0.2, 0.25) is 0 Å². The van der Waals surface area contributed by atoms with Crippen LogP contribution in [0, 0.1) is 6.92 Å². The maximum absolute atomic E-state index is 11.1. The second-order valence-electron chi connectivity index (χ2n) is 2.55. The van der Waals surface area contributed by atoms with Crippen molar-refractivity contribution in [3.05, 3.63) is 26.8 Å². The Morgan fingerprint density at radius 3 is 2.67 bits per heavy atom. The lowest BCUT2D eigenvalue weighted by Crippen LogP contribution is -2.33. The van der Waals surface area contributed by atoms with Gasteiger partial charge in [0.05, 0.1) is 0 Å². The SMILES string of the molecule is CCCn1c(C)nc(=O)[nH]c1=O. The summed E-state index contributed by atoms with van der Waals surface area (Å²) in [6, 6.07) is 0. The molecule has 12 heavy (non-hydrogen) atoms. The highest BCUT2D eigenvalue weighted by Crippen LogP contribution is 1.86. The molecule has 0 aliphatic carbocycles. The van der Waals surface area contributed by atoms with E-state index in [2.05, 4.69) is 9.97 Å². The number of aromatic nitrogens is 3. The van der Waals surface area contributed by atoms with Crippen molar-refractivity contribution in [2.24, 2.45) is 0 Å². The third-order valence-electron chi connectivity index (χ3n) is 1.56. The third kappa shape index (κ3) is 1.61. The van der Waals surface area contributed by atoms with Gasteiger partial charge in [0, 0.05) is 6.54 Å². The first-order valence-corrected chi connectivity index (χ1v) is 3.83. The van der Waals surface area contributed by atoms with Crippen LogP contribution in [0.25, 0.3) is 0 Å². The first kappa shape index (κ1) is 8.70. The molecule has 5 heteroatoms. The highest BCUT2D eigenvalue weighted by atomic mass is 16.2. The van der Waals surface area contributed by atoms with E-state index >= 15 is 0 Å². The van der Waals surface area contributed by atoms with Gasteiger partial charge in [-0.05, 0) is 13.3 Å². The summed E-state index contributed by atoms with van der Waals surface area (Å²) in [7, 11) is 0. The Morgan fingerprint density at radius 1 is 1.50 bits per heavy atom. The molecule has 1 aromatic heterocycles. The van der Waals surface area contributed by atoms with Crippen molar-refractivity contribution >= 4 is 0 Å². The van der Waals surface area contributed by atoms with E-state index in [1.807, 2.05) is 6.92 Å². The zero-order valence-corrected chi connectivity index (χ0v) is 7.13. The summed E-state index contributed by atoms with van der Waals surface area (Å²) < 4.78 is 1.45. The molecule has 66 valence electrons. The van der Waals surface area contributed by atoms with Gasteiger partial charge in [0.1, 0.15) is 5.82 Å². The second-order valence-corrected chi connectivity index (χ2v) is 2.55. The van der Waals surface area contributed by atoms with E-state index < -0.39 is 5.69 Å². The van der Waals surface area contributed by atoms with Crippen LogP contribution in [0.2, 0.25) is 0 Å². The van der Waals surface area contributed by atoms with Crippen LogP contribution in [0.3, 0.4) is 0 Å². The van der Waals surface area contributed by atoms with Crippen LogP contribution in [0.5, 0.6) is 0 Å². The number of nitrogens with zero attached hydrogens (tertiary/aromatic N) is 2. The summed E-state index contributed by atoms with van der Waals surface area (Å²) in [6.45, 7) is 4.19. The van der Waals surface area contributed by atoms with E-state index in [1.165, 1.54) is 4.57 Å². The number of H-pyrrole nitrogens is 1. The number of aryl methyl sites for hydroxylation is 1. The molecular weight excluding hydrogens is 158 g/mol. The summed E-state index contributed by atoms with van der Waals surface area (Å²) in [4.78, 5) is 27.5. The fourth-order valence-electron chi connectivity index (χ4n) is 1.03. The number of aromatic amines is 1. The number of nitrogens with one attached hydrogen (secondary N) is 1. The van der Waals surface area contributed by atoms with Crippen LogP contribution in [0.1, 0.15) is 19.2 Å². The summed E-state index contributed by atoms with van der Waals surface area (Å²) >= 11 is 0. The smallest absolute Gasteiger partial charge is 0.282 e.